The second-order valence-electron chi connectivity index (χ2n) is 10.1. The molecule has 0 aliphatic carbocycles. The Hall–Kier alpha value is -4.78. The summed E-state index contributed by atoms with van der Waals surface area (Å²) in [7, 11) is 0. The van der Waals surface area contributed by atoms with Crippen molar-refractivity contribution in [3.63, 3.8) is 0 Å². The zero-order chi connectivity index (χ0) is 35.0. The molecule has 18 heteroatoms. The number of carboxylic acids is 1. The number of aliphatic carboxylic acids is 1. The highest BCUT2D eigenvalue weighted by molar-refractivity contribution is 5.95. The van der Waals surface area contributed by atoms with Crippen molar-refractivity contribution in [3.05, 3.63) is 69.3 Å². The highest BCUT2D eigenvalue weighted by Crippen LogP contribution is 2.26. The lowest BCUT2D eigenvalue weighted by Gasteiger charge is -2.38. The monoisotopic (exact) mass is 623 g/mol. The quantitative estimate of drug-likeness (QED) is 0.158. The summed E-state index contributed by atoms with van der Waals surface area (Å²) in [5.74, 6) is -6.92. The number of amides is 2. The summed E-state index contributed by atoms with van der Waals surface area (Å²) >= 11 is 0. The molecule has 0 radical (unpaired) electrons. The van der Waals surface area contributed by atoms with Crippen molar-refractivity contribution in [2.75, 3.05) is 0 Å². The topological polar surface area (TPSA) is 248 Å². The van der Waals surface area contributed by atoms with Crippen molar-refractivity contribution in [2.45, 2.75) is 63.6 Å². The van der Waals surface area contributed by atoms with Crippen LogP contribution in [0.2, 0.25) is 0 Å². The van der Waals surface area contributed by atoms with Crippen molar-refractivity contribution in [1.82, 2.24) is 30.4 Å². The molecule has 0 unspecified atom stereocenters. The fourth-order valence-corrected chi connectivity index (χ4v) is 4.10. The fourth-order valence-electron chi connectivity index (χ4n) is 4.10. The molecule has 17 nitrogen and oxygen atoms in total. The molecule has 1 aromatic carbocycles. The van der Waals surface area contributed by atoms with Gasteiger partial charge >= 0.3 is 17.8 Å². The van der Waals surface area contributed by atoms with Crippen LogP contribution in [0.1, 0.15) is 56.4 Å². The second-order valence-corrected chi connectivity index (χ2v) is 10.1. The molecule has 0 bridgehead atoms. The van der Waals surface area contributed by atoms with Gasteiger partial charge in [0.25, 0.3) is 11.5 Å². The van der Waals surface area contributed by atoms with Gasteiger partial charge < -0.3 is 45.0 Å². The summed E-state index contributed by atoms with van der Waals surface area (Å²) in [6, 6.07) is 4.89. The maximum atomic E-state index is 13.9. The number of aliphatic hydroxyl groups is 3. The summed E-state index contributed by atoms with van der Waals surface area (Å²) in [5, 5.41) is 52.1. The molecule has 1 aliphatic rings. The number of carboxylic acid groups (broad SMARTS) is 1. The Morgan fingerprint density at radius 1 is 1.11 bits per heavy atom. The van der Waals surface area contributed by atoms with Gasteiger partial charge in [-0.05, 0) is 31.5 Å². The van der Waals surface area contributed by atoms with Crippen LogP contribution in [-0.2, 0) is 28.6 Å². The van der Waals surface area contributed by atoms with Crippen LogP contribution in [-0.4, -0.2) is 88.7 Å². The molecule has 0 spiro atoms. The van der Waals surface area contributed by atoms with Crippen molar-refractivity contribution >= 4 is 17.8 Å². The van der Waals surface area contributed by atoms with E-state index in [4.69, 9.17) is 18.0 Å². The largest absolute Gasteiger partial charge is 0.479 e. The van der Waals surface area contributed by atoms with Gasteiger partial charge in [-0.25, -0.2) is 14.2 Å². The van der Waals surface area contributed by atoms with E-state index in [0.29, 0.717) is 5.56 Å². The minimum atomic E-state index is -3.37. The predicted octanol–water partition coefficient (Wildman–Crippen LogP) is -1.52. The van der Waals surface area contributed by atoms with E-state index in [2.05, 4.69) is 25.8 Å². The van der Waals surface area contributed by atoms with Crippen molar-refractivity contribution < 1.29 is 57.2 Å². The van der Waals surface area contributed by atoms with Crippen LogP contribution in [0.4, 0.5) is 4.39 Å². The number of aliphatic hydroxyl groups excluding tert-OH is 3. The third-order valence-electron chi connectivity index (χ3n) is 6.38. The van der Waals surface area contributed by atoms with E-state index in [9.17, 15) is 44.0 Å². The van der Waals surface area contributed by atoms with Gasteiger partial charge in [0, 0.05) is 24.6 Å². The third-order valence-corrected chi connectivity index (χ3v) is 6.38. The van der Waals surface area contributed by atoms with Crippen LogP contribution >= 0.6 is 0 Å². The Balaban J connectivity index is 1.85. The molecule has 2 amide bonds. The number of hydrogen-bond donors (Lipinski definition) is 6. The van der Waals surface area contributed by atoms with Crippen LogP contribution < -0.4 is 20.9 Å². The number of nitrogens with one attached hydrogen (secondary N) is 2. The number of halogens is 1. The van der Waals surface area contributed by atoms with Gasteiger partial charge in [-0.3, -0.25) is 19.0 Å². The number of carbonyl (C=O) groups is 3. The maximum absolute atomic E-state index is 13.9. The van der Waals surface area contributed by atoms with Gasteiger partial charge in [0.2, 0.25) is 17.9 Å². The molecule has 1 fully saturated rings. The number of aryl methyl sites for hydroxylation is 1. The summed E-state index contributed by atoms with van der Waals surface area (Å²) < 4.78 is 53.2. The molecule has 5 atom stereocenters. The van der Waals surface area contributed by atoms with Crippen molar-refractivity contribution in [1.29, 1.82) is 0 Å². The number of hydrogen-bond acceptors (Lipinski definition) is 13. The summed E-state index contributed by atoms with van der Waals surface area (Å²) in [6.45, 7) is 0.242. The predicted molar refractivity (Wildman–Crippen MR) is 142 cm³/mol. The number of nitrogens with zero attached hydrogens (tertiary/aromatic N) is 4. The van der Waals surface area contributed by atoms with E-state index in [1.165, 1.54) is 32.9 Å². The minimum Gasteiger partial charge on any atom is -0.479 e. The normalized spacial score (nSPS) is 23.2. The summed E-state index contributed by atoms with van der Waals surface area (Å²) in [4.78, 5) is 56.0. The van der Waals surface area contributed by atoms with E-state index >= 15 is 0 Å². The van der Waals surface area contributed by atoms with Crippen molar-refractivity contribution in [3.8, 4) is 5.75 Å². The lowest BCUT2D eigenvalue weighted by atomic mass is 9.99. The van der Waals surface area contributed by atoms with Crippen LogP contribution in [0, 0.1) is 12.7 Å². The van der Waals surface area contributed by atoms with Gasteiger partial charge in [0.15, 0.2) is 11.8 Å². The lowest BCUT2D eigenvalue weighted by Crippen LogP contribution is -2.61. The lowest BCUT2D eigenvalue weighted by molar-refractivity contribution is -0.271. The standard InChI is InChI=1S/C26H29FN6O11/c1-10-31-32-21(42-10)20(38)30-26(2,3)25-29-13(19(37)28-9-11-5-7-12(27)8-6-11)17(22(39)33(25)4)43-24-16(36)14(34)15(35)18(44-24)23(40)41/h5-8,14-16,18,24,34-36H,9H2,1-4H3,(H,28,37)(H,30,38)(H,40,41)/t14-,15-,16+,18-,24+/m1/s1/i4D3. The molecule has 44 heavy (non-hydrogen) atoms. The molecule has 4 rings (SSSR count). The van der Waals surface area contributed by atoms with Crippen LogP contribution in [0.3, 0.4) is 0 Å². The average molecular weight is 624 g/mol. The Bertz CT molecular complexity index is 1730. The Morgan fingerprint density at radius 2 is 1.80 bits per heavy atom. The number of carbonyl (C=O) groups excluding carboxylic acids is 2. The zero-order valence-electron chi connectivity index (χ0n) is 26.2. The number of ether oxygens (including phenoxy) is 2. The molecular formula is C26H29FN6O11. The van der Waals surface area contributed by atoms with Crippen molar-refractivity contribution in [2.24, 2.45) is 6.98 Å². The summed E-state index contributed by atoms with van der Waals surface area (Å²) in [5.41, 5.74) is -4.01. The Labute approximate surface area is 251 Å². The molecule has 1 saturated heterocycles. The molecule has 0 saturated carbocycles. The number of aromatic nitrogens is 4. The van der Waals surface area contributed by atoms with E-state index in [1.807, 2.05) is 0 Å². The average Bonchev–Trinajstić information content (AvgIpc) is 3.42. The highest BCUT2D eigenvalue weighted by Gasteiger charge is 2.49. The van der Waals surface area contributed by atoms with Crippen LogP contribution in [0.25, 0.3) is 0 Å². The molecule has 236 valence electrons. The molecule has 6 N–H and O–H groups in total. The first-order chi connectivity index (χ1) is 21.8. The number of benzene rings is 1. The molecule has 1 aliphatic heterocycles. The zero-order valence-corrected chi connectivity index (χ0v) is 23.2. The first-order valence-corrected chi connectivity index (χ1v) is 12.7. The summed E-state index contributed by atoms with van der Waals surface area (Å²) in [6.07, 6.45) is -11.0. The van der Waals surface area contributed by atoms with Gasteiger partial charge in [-0.1, -0.05) is 12.1 Å². The van der Waals surface area contributed by atoms with E-state index < -0.39 is 95.5 Å². The molecule has 3 aromatic rings. The minimum absolute atomic E-state index is 0.0296. The van der Waals surface area contributed by atoms with E-state index in [-0.39, 0.29) is 17.0 Å². The van der Waals surface area contributed by atoms with Crippen LogP contribution in [0.15, 0.2) is 33.5 Å². The fraction of sp³-hybridized carbons (Fsp3) is 0.423. The maximum Gasteiger partial charge on any atom is 0.335 e. The highest BCUT2D eigenvalue weighted by atomic mass is 19.1. The number of rotatable bonds is 9. The molecular weight excluding hydrogens is 591 g/mol. The van der Waals surface area contributed by atoms with E-state index in [0.717, 1.165) is 12.1 Å². The van der Waals surface area contributed by atoms with Crippen LogP contribution in [0.5, 0.6) is 5.75 Å². The van der Waals surface area contributed by atoms with Gasteiger partial charge in [0.05, 0.1) is 5.54 Å². The second kappa shape index (κ2) is 12.4. The van der Waals surface area contributed by atoms with Gasteiger partial charge in [-0.2, -0.15) is 0 Å². The van der Waals surface area contributed by atoms with E-state index in [1.54, 1.807) is 0 Å². The molecule has 2 aromatic heterocycles. The SMILES string of the molecule is [2H]C([2H])([2H])n1c(C(C)(C)NC(=O)c2nnc(C)o2)nc(C(=O)NCc2ccc(F)cc2)c(O[C@H]2O[C@@H](C(=O)O)[C@H](O)[C@@H](O)[C@@H]2O)c1=O. The third kappa shape index (κ3) is 6.57. The van der Waals surface area contributed by atoms with Gasteiger partial charge in [0.1, 0.15) is 30.0 Å². The first-order valence-electron chi connectivity index (χ1n) is 14.2. The van der Waals surface area contributed by atoms with Gasteiger partial charge in [-0.15, -0.1) is 10.2 Å². The first kappa shape index (κ1) is 28.0. The smallest absolute Gasteiger partial charge is 0.335 e. The Morgan fingerprint density at radius 3 is 2.39 bits per heavy atom. The Kier molecular flexibility index (Phi) is 7.93. The molecule has 3 heterocycles.